The molecule has 0 aliphatic carbocycles. The molecule has 2 heterocycles. The van der Waals surface area contributed by atoms with Crippen LogP contribution in [0.5, 0.6) is 0 Å². The summed E-state index contributed by atoms with van der Waals surface area (Å²) in [7, 11) is 0. The van der Waals surface area contributed by atoms with E-state index in [9.17, 15) is 9.90 Å². The lowest BCUT2D eigenvalue weighted by atomic mass is 9.77. The summed E-state index contributed by atoms with van der Waals surface area (Å²) in [6, 6.07) is 0.0707. The van der Waals surface area contributed by atoms with Crippen molar-refractivity contribution < 1.29 is 9.90 Å². The highest BCUT2D eigenvalue weighted by atomic mass is 32.2. The van der Waals surface area contributed by atoms with Crippen LogP contribution in [0.4, 0.5) is 4.79 Å². The lowest BCUT2D eigenvalue weighted by Crippen LogP contribution is -2.50. The van der Waals surface area contributed by atoms with Crippen molar-refractivity contribution in [3.63, 3.8) is 0 Å². The van der Waals surface area contributed by atoms with E-state index in [2.05, 4.69) is 19.2 Å². The van der Waals surface area contributed by atoms with Gasteiger partial charge in [-0.3, -0.25) is 0 Å². The van der Waals surface area contributed by atoms with Crippen LogP contribution in [0, 0.1) is 5.41 Å². The fourth-order valence-corrected chi connectivity index (χ4v) is 4.40. The maximum Gasteiger partial charge on any atom is 0.317 e. The van der Waals surface area contributed by atoms with Crippen LogP contribution in [0.25, 0.3) is 0 Å². The number of aliphatic hydroxyl groups excluding tert-OH is 1. The molecule has 2 aliphatic heterocycles. The zero-order chi connectivity index (χ0) is 14.6. The van der Waals surface area contributed by atoms with Crippen molar-refractivity contribution in [1.82, 2.24) is 10.2 Å². The first-order valence-electron chi connectivity index (χ1n) is 7.80. The van der Waals surface area contributed by atoms with Gasteiger partial charge < -0.3 is 15.3 Å². The third kappa shape index (κ3) is 3.61. The van der Waals surface area contributed by atoms with E-state index in [0.29, 0.717) is 0 Å². The Hall–Kier alpha value is -0.420. The van der Waals surface area contributed by atoms with Crippen LogP contribution in [0.3, 0.4) is 0 Å². The summed E-state index contributed by atoms with van der Waals surface area (Å²) in [5, 5.41) is 12.6. The first-order valence-corrected chi connectivity index (χ1v) is 8.79. The van der Waals surface area contributed by atoms with Gasteiger partial charge in [-0.1, -0.05) is 6.92 Å². The molecule has 1 atom stereocenters. The van der Waals surface area contributed by atoms with E-state index in [1.54, 1.807) is 0 Å². The molecule has 2 saturated heterocycles. The second kappa shape index (κ2) is 6.56. The van der Waals surface area contributed by atoms with Crippen molar-refractivity contribution in [3.05, 3.63) is 0 Å². The maximum absolute atomic E-state index is 12.2. The lowest BCUT2D eigenvalue weighted by molar-refractivity contribution is 0.0519. The van der Waals surface area contributed by atoms with Crippen LogP contribution < -0.4 is 5.32 Å². The molecule has 0 aromatic heterocycles. The Morgan fingerprint density at radius 3 is 2.55 bits per heavy atom. The van der Waals surface area contributed by atoms with Crippen molar-refractivity contribution in [3.8, 4) is 0 Å². The van der Waals surface area contributed by atoms with Crippen molar-refractivity contribution in [1.29, 1.82) is 0 Å². The minimum Gasteiger partial charge on any atom is -0.396 e. The average molecular weight is 300 g/mol. The highest BCUT2D eigenvalue weighted by molar-refractivity contribution is 8.00. The molecule has 2 N–H and O–H groups in total. The molecule has 20 heavy (non-hydrogen) atoms. The van der Waals surface area contributed by atoms with E-state index in [1.807, 2.05) is 16.7 Å². The van der Waals surface area contributed by atoms with Gasteiger partial charge in [0, 0.05) is 31.0 Å². The number of nitrogens with one attached hydrogen (secondary N) is 1. The number of rotatable bonds is 4. The number of hydrogen-bond acceptors (Lipinski definition) is 3. The van der Waals surface area contributed by atoms with Crippen molar-refractivity contribution >= 4 is 17.8 Å². The summed E-state index contributed by atoms with van der Waals surface area (Å²) in [5.74, 6) is 1.21. The molecule has 5 heteroatoms. The van der Waals surface area contributed by atoms with Crippen molar-refractivity contribution in [2.24, 2.45) is 5.41 Å². The predicted octanol–water partition coefficient (Wildman–Crippen LogP) is 2.47. The van der Waals surface area contributed by atoms with Crippen molar-refractivity contribution in [2.45, 2.75) is 50.7 Å². The molecule has 4 nitrogen and oxygen atoms in total. The Labute approximate surface area is 126 Å². The number of thioether (sulfide) groups is 1. The summed E-state index contributed by atoms with van der Waals surface area (Å²) in [6.07, 6.45) is 5.28. The Bertz CT molecular complexity index is 329. The number of carbonyl (C=O) groups is 1. The summed E-state index contributed by atoms with van der Waals surface area (Å²) in [5.41, 5.74) is 0.0457. The largest absolute Gasteiger partial charge is 0.396 e. The van der Waals surface area contributed by atoms with Crippen LogP contribution in [0.1, 0.15) is 46.0 Å². The first-order chi connectivity index (χ1) is 9.52. The fraction of sp³-hybridized carbons (Fsp3) is 0.933. The molecular weight excluding hydrogens is 272 g/mol. The quantitative estimate of drug-likeness (QED) is 0.838. The summed E-state index contributed by atoms with van der Waals surface area (Å²) in [4.78, 5) is 14.1. The predicted molar refractivity (Wildman–Crippen MR) is 84.1 cm³/mol. The maximum atomic E-state index is 12.2. The molecule has 1 unspecified atom stereocenters. The molecule has 0 spiro atoms. The van der Waals surface area contributed by atoms with Gasteiger partial charge in [0.05, 0.1) is 0 Å². The number of aliphatic hydroxyl groups is 1. The van der Waals surface area contributed by atoms with Gasteiger partial charge in [-0.15, -0.1) is 0 Å². The molecular formula is C15H28N2O2S. The van der Waals surface area contributed by atoms with Crippen molar-refractivity contribution in [2.75, 3.05) is 32.0 Å². The molecule has 2 amide bonds. The standard InChI is InChI=1S/C15H28N2O2S/c1-3-15(12-18)6-8-17(9-7-15)13(19)16-11-14(2)5-4-10-20-14/h18H,3-12H2,1-2H3,(H,16,19). The average Bonchev–Trinajstić information content (AvgIpc) is 2.92. The Morgan fingerprint density at radius 2 is 2.05 bits per heavy atom. The number of piperidine rings is 1. The molecule has 2 rings (SSSR count). The molecule has 2 aliphatic rings. The summed E-state index contributed by atoms with van der Waals surface area (Å²) >= 11 is 1.97. The Morgan fingerprint density at radius 1 is 1.35 bits per heavy atom. The number of likely N-dealkylation sites (tertiary alicyclic amines) is 1. The monoisotopic (exact) mass is 300 g/mol. The second-order valence-corrected chi connectivity index (χ2v) is 8.24. The topological polar surface area (TPSA) is 52.6 Å². The third-order valence-corrected chi connectivity index (χ3v) is 6.65. The fourth-order valence-electron chi connectivity index (χ4n) is 3.16. The molecule has 0 aromatic carbocycles. The number of urea groups is 1. The highest BCUT2D eigenvalue weighted by Crippen LogP contribution is 2.37. The van der Waals surface area contributed by atoms with E-state index in [-0.39, 0.29) is 22.8 Å². The molecule has 2 fully saturated rings. The zero-order valence-corrected chi connectivity index (χ0v) is 13.6. The SMILES string of the molecule is CCC1(CO)CCN(C(=O)NCC2(C)CCCS2)CC1. The van der Waals surface area contributed by atoms with Crippen LogP contribution in [-0.4, -0.2) is 52.8 Å². The second-order valence-electron chi connectivity index (χ2n) is 6.56. The number of nitrogens with zero attached hydrogens (tertiary/aromatic N) is 1. The molecule has 0 bridgehead atoms. The molecule has 0 aromatic rings. The summed E-state index contributed by atoms with van der Waals surface area (Å²) in [6.45, 7) is 6.92. The molecule has 0 radical (unpaired) electrons. The zero-order valence-electron chi connectivity index (χ0n) is 12.8. The van der Waals surface area contributed by atoms with E-state index in [1.165, 1.54) is 18.6 Å². The smallest absolute Gasteiger partial charge is 0.317 e. The van der Waals surface area contributed by atoms with Gasteiger partial charge in [0.25, 0.3) is 0 Å². The third-order valence-electron chi connectivity index (χ3n) is 5.11. The Balaban J connectivity index is 1.77. The van der Waals surface area contributed by atoms with Crippen LogP contribution in [0.15, 0.2) is 0 Å². The van der Waals surface area contributed by atoms with Gasteiger partial charge >= 0.3 is 6.03 Å². The molecule has 0 saturated carbocycles. The van der Waals surface area contributed by atoms with Crippen LogP contribution >= 0.6 is 11.8 Å². The van der Waals surface area contributed by atoms with Crippen LogP contribution in [0.2, 0.25) is 0 Å². The van der Waals surface area contributed by atoms with Gasteiger partial charge in [-0.2, -0.15) is 11.8 Å². The number of hydrogen-bond donors (Lipinski definition) is 2. The molecule has 116 valence electrons. The summed E-state index contributed by atoms with van der Waals surface area (Å²) < 4.78 is 0.226. The van der Waals surface area contributed by atoms with Gasteiger partial charge in [0.15, 0.2) is 0 Å². The minimum absolute atomic E-state index is 0.0457. The van der Waals surface area contributed by atoms with E-state index >= 15 is 0 Å². The van der Waals surface area contributed by atoms with Gasteiger partial charge in [0.1, 0.15) is 0 Å². The van der Waals surface area contributed by atoms with E-state index in [4.69, 9.17) is 0 Å². The first kappa shape index (κ1) is 16.0. The van der Waals surface area contributed by atoms with Gasteiger partial charge in [-0.25, -0.2) is 4.79 Å². The Kier molecular flexibility index (Phi) is 5.24. The number of amides is 2. The van der Waals surface area contributed by atoms with E-state index in [0.717, 1.165) is 38.9 Å². The highest BCUT2D eigenvalue weighted by Gasteiger charge is 2.35. The van der Waals surface area contributed by atoms with E-state index < -0.39 is 0 Å². The normalized spacial score (nSPS) is 29.4. The van der Waals surface area contributed by atoms with Gasteiger partial charge in [0.2, 0.25) is 0 Å². The minimum atomic E-state index is 0.0457. The lowest BCUT2D eigenvalue weighted by Gasteiger charge is -2.40. The number of carbonyl (C=O) groups excluding carboxylic acids is 1. The van der Waals surface area contributed by atoms with Crippen LogP contribution in [-0.2, 0) is 0 Å². The van der Waals surface area contributed by atoms with Gasteiger partial charge in [-0.05, 0) is 50.2 Å².